The highest BCUT2D eigenvalue weighted by Gasteiger charge is 2.30. The van der Waals surface area contributed by atoms with E-state index in [4.69, 9.17) is 9.47 Å². The lowest BCUT2D eigenvalue weighted by Crippen LogP contribution is -2.23. The third-order valence-electron chi connectivity index (χ3n) is 3.82. The van der Waals surface area contributed by atoms with Crippen molar-refractivity contribution >= 4 is 27.6 Å². The number of nitrogens with one attached hydrogen (secondary N) is 1. The molecule has 26 heavy (non-hydrogen) atoms. The van der Waals surface area contributed by atoms with Gasteiger partial charge in [0.1, 0.15) is 0 Å². The first-order chi connectivity index (χ1) is 12.3. The molecular formula is C18H17NO6S. The Labute approximate surface area is 151 Å². The number of hydrogen-bond donors (Lipinski definition) is 1. The number of cyclic esters (lactones) is 1. The van der Waals surface area contributed by atoms with Gasteiger partial charge in [0.25, 0.3) is 10.0 Å². The molecule has 1 heterocycles. The van der Waals surface area contributed by atoms with Gasteiger partial charge >= 0.3 is 11.9 Å². The molecule has 1 N–H and O–H groups in total. The fourth-order valence-electron chi connectivity index (χ4n) is 2.41. The van der Waals surface area contributed by atoms with E-state index >= 15 is 0 Å². The van der Waals surface area contributed by atoms with Crippen molar-refractivity contribution in [2.75, 3.05) is 11.3 Å². The first-order valence-corrected chi connectivity index (χ1v) is 9.41. The Kier molecular flexibility index (Phi) is 4.94. The Morgan fingerprint density at radius 1 is 1.19 bits per heavy atom. The second-order valence-corrected chi connectivity index (χ2v) is 7.53. The number of benzene rings is 2. The van der Waals surface area contributed by atoms with E-state index in [9.17, 15) is 18.0 Å². The zero-order chi connectivity index (χ0) is 18.7. The molecule has 1 aliphatic heterocycles. The van der Waals surface area contributed by atoms with Gasteiger partial charge in [-0.15, -0.1) is 0 Å². The minimum atomic E-state index is -3.87. The summed E-state index contributed by atoms with van der Waals surface area (Å²) >= 11 is 0. The number of anilines is 1. The van der Waals surface area contributed by atoms with Crippen molar-refractivity contribution < 1.29 is 27.5 Å². The van der Waals surface area contributed by atoms with Gasteiger partial charge in [-0.3, -0.25) is 4.72 Å². The van der Waals surface area contributed by atoms with Crippen LogP contribution in [0.4, 0.5) is 5.69 Å². The summed E-state index contributed by atoms with van der Waals surface area (Å²) in [6, 6.07) is 12.3. The van der Waals surface area contributed by atoms with Gasteiger partial charge in [-0.25, -0.2) is 18.0 Å². The molecule has 0 saturated carbocycles. The molecule has 1 fully saturated rings. The van der Waals surface area contributed by atoms with Crippen LogP contribution in [0.3, 0.4) is 0 Å². The van der Waals surface area contributed by atoms with Crippen molar-refractivity contribution in [1.82, 2.24) is 0 Å². The van der Waals surface area contributed by atoms with Crippen molar-refractivity contribution in [2.45, 2.75) is 24.3 Å². The number of aryl methyl sites for hydroxylation is 1. The summed E-state index contributed by atoms with van der Waals surface area (Å²) < 4.78 is 37.3. The molecule has 0 aromatic heterocycles. The number of ether oxygens (including phenoxy) is 2. The van der Waals surface area contributed by atoms with E-state index in [1.165, 1.54) is 24.3 Å². The van der Waals surface area contributed by atoms with Crippen molar-refractivity contribution in [3.05, 3.63) is 59.7 Å². The highest BCUT2D eigenvalue weighted by Crippen LogP contribution is 2.19. The predicted molar refractivity (Wildman–Crippen MR) is 93.2 cm³/mol. The van der Waals surface area contributed by atoms with E-state index in [0.717, 1.165) is 5.56 Å². The Bertz CT molecular complexity index is 936. The van der Waals surface area contributed by atoms with Crippen LogP contribution in [-0.4, -0.2) is 33.1 Å². The average Bonchev–Trinajstić information content (AvgIpc) is 3.02. The van der Waals surface area contributed by atoms with Crippen LogP contribution >= 0.6 is 0 Å². The molecule has 1 aliphatic rings. The molecule has 0 aliphatic carbocycles. The summed E-state index contributed by atoms with van der Waals surface area (Å²) in [7, 11) is -3.87. The van der Waals surface area contributed by atoms with Crippen molar-refractivity contribution in [2.24, 2.45) is 0 Å². The molecule has 7 nitrogen and oxygen atoms in total. The summed E-state index contributed by atoms with van der Waals surface area (Å²) in [4.78, 5) is 23.5. The topological polar surface area (TPSA) is 98.8 Å². The summed E-state index contributed by atoms with van der Waals surface area (Å²) in [5.74, 6) is -1.37. The summed E-state index contributed by atoms with van der Waals surface area (Å²) in [6.45, 7) is 2.10. The van der Waals surface area contributed by atoms with Crippen LogP contribution in [0, 0.1) is 6.92 Å². The molecule has 1 atom stereocenters. The molecule has 2 aromatic rings. The van der Waals surface area contributed by atoms with Crippen LogP contribution in [0.25, 0.3) is 0 Å². The lowest BCUT2D eigenvalue weighted by atomic mass is 10.2. The first-order valence-electron chi connectivity index (χ1n) is 7.92. The highest BCUT2D eigenvalue weighted by molar-refractivity contribution is 7.92. The highest BCUT2D eigenvalue weighted by atomic mass is 32.2. The van der Waals surface area contributed by atoms with Gasteiger partial charge in [0.05, 0.1) is 17.1 Å². The molecule has 8 heteroatoms. The smallest absolute Gasteiger partial charge is 0.347 e. The minimum absolute atomic E-state index is 0.0384. The molecule has 136 valence electrons. The molecule has 2 aromatic carbocycles. The minimum Gasteiger partial charge on any atom is -0.463 e. The van der Waals surface area contributed by atoms with Crippen molar-refractivity contribution in [3.8, 4) is 0 Å². The number of sulfonamides is 1. The lowest BCUT2D eigenvalue weighted by Gasteiger charge is -2.11. The van der Waals surface area contributed by atoms with Crippen LogP contribution < -0.4 is 4.72 Å². The molecule has 1 saturated heterocycles. The number of rotatable bonds is 5. The standard InChI is InChI=1S/C18H17NO6S/c1-12-5-7-14(8-6-12)19-26(22,23)15-4-2-3-13(11-15)17(20)25-16-9-10-24-18(16)21/h2-8,11,16,19H,9-10H2,1H3/t16-/m0/s1. The van der Waals surface area contributed by atoms with Crippen molar-refractivity contribution in [3.63, 3.8) is 0 Å². The maximum atomic E-state index is 12.5. The SMILES string of the molecule is Cc1ccc(NS(=O)(=O)c2cccc(C(=O)O[C@H]3CCOC3=O)c2)cc1. The van der Waals surface area contributed by atoms with Crippen molar-refractivity contribution in [1.29, 1.82) is 0 Å². The van der Waals surface area contributed by atoms with Crippen LogP contribution in [0.5, 0.6) is 0 Å². The van der Waals surface area contributed by atoms with Gasteiger partial charge in [0.2, 0.25) is 6.10 Å². The van der Waals surface area contributed by atoms with E-state index in [1.54, 1.807) is 24.3 Å². The maximum Gasteiger partial charge on any atom is 0.347 e. The predicted octanol–water partition coefficient (Wildman–Crippen LogP) is 2.27. The van der Waals surface area contributed by atoms with E-state index in [0.29, 0.717) is 5.69 Å². The molecular weight excluding hydrogens is 358 g/mol. The second-order valence-electron chi connectivity index (χ2n) is 5.85. The third kappa shape index (κ3) is 4.02. The number of esters is 2. The molecule has 0 spiro atoms. The Hall–Kier alpha value is -2.87. The summed E-state index contributed by atoms with van der Waals surface area (Å²) in [5, 5.41) is 0. The Morgan fingerprint density at radius 3 is 2.58 bits per heavy atom. The molecule has 0 unspecified atom stereocenters. The fourth-order valence-corrected chi connectivity index (χ4v) is 3.51. The lowest BCUT2D eigenvalue weighted by molar-refractivity contribution is -0.145. The first kappa shape index (κ1) is 17.9. The van der Waals surface area contributed by atoms with E-state index in [2.05, 4.69) is 4.72 Å². The summed E-state index contributed by atoms with van der Waals surface area (Å²) in [6.07, 6.45) is -0.661. The number of carbonyl (C=O) groups excluding carboxylic acids is 2. The monoisotopic (exact) mass is 375 g/mol. The van der Waals surface area contributed by atoms with Crippen LogP contribution in [0.15, 0.2) is 53.4 Å². The van der Waals surface area contributed by atoms with Gasteiger partial charge < -0.3 is 9.47 Å². The maximum absolute atomic E-state index is 12.5. The average molecular weight is 375 g/mol. The Balaban J connectivity index is 1.78. The molecule has 0 bridgehead atoms. The zero-order valence-electron chi connectivity index (χ0n) is 14.0. The summed E-state index contributed by atoms with van der Waals surface area (Å²) in [5.41, 5.74) is 1.46. The van der Waals surface area contributed by atoms with Crippen LogP contribution in [0.2, 0.25) is 0 Å². The van der Waals surface area contributed by atoms with E-state index < -0.39 is 28.1 Å². The number of carbonyl (C=O) groups is 2. The van der Waals surface area contributed by atoms with E-state index in [1.807, 2.05) is 6.92 Å². The zero-order valence-corrected chi connectivity index (χ0v) is 14.8. The van der Waals surface area contributed by atoms with Gasteiger partial charge in [-0.05, 0) is 37.3 Å². The quantitative estimate of drug-likeness (QED) is 0.805. The molecule has 0 radical (unpaired) electrons. The normalized spacial score (nSPS) is 16.8. The van der Waals surface area contributed by atoms with E-state index in [-0.39, 0.29) is 23.5 Å². The van der Waals surface area contributed by atoms with Crippen LogP contribution in [0.1, 0.15) is 22.3 Å². The number of hydrogen-bond acceptors (Lipinski definition) is 6. The fraction of sp³-hybridized carbons (Fsp3) is 0.222. The second kappa shape index (κ2) is 7.17. The Morgan fingerprint density at radius 2 is 1.92 bits per heavy atom. The van der Waals surface area contributed by atoms with Gasteiger partial charge in [0, 0.05) is 12.1 Å². The largest absolute Gasteiger partial charge is 0.463 e. The van der Waals surface area contributed by atoms with Gasteiger partial charge in [-0.1, -0.05) is 23.8 Å². The molecule has 0 amide bonds. The van der Waals surface area contributed by atoms with Gasteiger partial charge in [0.15, 0.2) is 0 Å². The third-order valence-corrected chi connectivity index (χ3v) is 5.20. The van der Waals surface area contributed by atoms with Crippen LogP contribution in [-0.2, 0) is 24.3 Å². The molecule has 3 rings (SSSR count). The van der Waals surface area contributed by atoms with Gasteiger partial charge in [-0.2, -0.15) is 0 Å².